The number of hydrogen-bond acceptors (Lipinski definition) is 4. The van der Waals surface area contributed by atoms with Crippen LogP contribution in [0.4, 0.5) is 5.69 Å². The molecule has 1 aliphatic carbocycles. The molecular weight excluding hydrogens is 522 g/mol. The van der Waals surface area contributed by atoms with Crippen molar-refractivity contribution in [1.29, 1.82) is 0 Å². The van der Waals surface area contributed by atoms with Gasteiger partial charge in [-0.05, 0) is 61.6 Å². The number of hydrogen-bond donors (Lipinski definition) is 1. The van der Waals surface area contributed by atoms with E-state index < -0.39 is 28.5 Å². The first-order valence-corrected chi connectivity index (χ1v) is 15.5. The van der Waals surface area contributed by atoms with Crippen LogP contribution in [0.2, 0.25) is 0 Å². The van der Waals surface area contributed by atoms with E-state index in [9.17, 15) is 18.0 Å². The quantitative estimate of drug-likeness (QED) is 0.338. The molecule has 7 nitrogen and oxygen atoms in total. The Labute approximate surface area is 238 Å². The SMILES string of the molecule is CCC(C(=O)NC1CCCCC1)N(Cc1ccccc1)C(=O)CN(c1cccc(C)c1)S(=O)(=O)c1ccccc1. The fourth-order valence-corrected chi connectivity index (χ4v) is 6.70. The van der Waals surface area contributed by atoms with E-state index >= 15 is 0 Å². The highest BCUT2D eigenvalue weighted by Crippen LogP contribution is 2.26. The predicted octanol–water partition coefficient (Wildman–Crippen LogP) is 5.45. The summed E-state index contributed by atoms with van der Waals surface area (Å²) in [5.74, 6) is -0.623. The molecule has 0 heterocycles. The summed E-state index contributed by atoms with van der Waals surface area (Å²) in [6, 6.07) is 24.1. The van der Waals surface area contributed by atoms with Crippen molar-refractivity contribution < 1.29 is 18.0 Å². The lowest BCUT2D eigenvalue weighted by Crippen LogP contribution is -2.54. The molecule has 0 bridgehead atoms. The highest BCUT2D eigenvalue weighted by Gasteiger charge is 2.34. The Morgan fingerprint density at radius 1 is 0.900 bits per heavy atom. The third-order valence-electron chi connectivity index (χ3n) is 7.43. The van der Waals surface area contributed by atoms with Crippen LogP contribution in [0.15, 0.2) is 89.8 Å². The minimum absolute atomic E-state index is 0.0981. The molecule has 1 N–H and O–H groups in total. The summed E-state index contributed by atoms with van der Waals surface area (Å²) in [5, 5.41) is 3.17. The molecule has 8 heteroatoms. The maximum Gasteiger partial charge on any atom is 0.264 e. The third-order valence-corrected chi connectivity index (χ3v) is 9.22. The van der Waals surface area contributed by atoms with Crippen molar-refractivity contribution in [2.45, 2.75) is 75.9 Å². The van der Waals surface area contributed by atoms with Crippen molar-refractivity contribution in [3.63, 3.8) is 0 Å². The van der Waals surface area contributed by atoms with E-state index in [2.05, 4.69) is 5.32 Å². The third kappa shape index (κ3) is 7.30. The van der Waals surface area contributed by atoms with Gasteiger partial charge in [0.15, 0.2) is 0 Å². The molecule has 1 saturated carbocycles. The van der Waals surface area contributed by atoms with Crippen molar-refractivity contribution in [3.8, 4) is 0 Å². The minimum Gasteiger partial charge on any atom is -0.352 e. The van der Waals surface area contributed by atoms with Gasteiger partial charge in [0.25, 0.3) is 10.0 Å². The number of amides is 2. The van der Waals surface area contributed by atoms with Gasteiger partial charge in [-0.2, -0.15) is 0 Å². The Bertz CT molecular complexity index is 1370. The van der Waals surface area contributed by atoms with Gasteiger partial charge in [0, 0.05) is 12.6 Å². The Balaban J connectivity index is 1.68. The van der Waals surface area contributed by atoms with Crippen LogP contribution in [-0.4, -0.2) is 43.8 Å². The fraction of sp³-hybridized carbons (Fsp3) is 0.375. The molecule has 40 heavy (non-hydrogen) atoms. The molecule has 3 aromatic carbocycles. The molecule has 2 amide bonds. The molecule has 1 fully saturated rings. The second-order valence-corrected chi connectivity index (χ2v) is 12.3. The molecule has 212 valence electrons. The monoisotopic (exact) mass is 561 g/mol. The van der Waals surface area contributed by atoms with Crippen LogP contribution in [0.25, 0.3) is 0 Å². The highest BCUT2D eigenvalue weighted by molar-refractivity contribution is 7.92. The van der Waals surface area contributed by atoms with E-state index in [0.717, 1.165) is 41.1 Å². The zero-order valence-electron chi connectivity index (χ0n) is 23.3. The lowest BCUT2D eigenvalue weighted by atomic mass is 9.95. The van der Waals surface area contributed by atoms with Gasteiger partial charge in [-0.3, -0.25) is 13.9 Å². The van der Waals surface area contributed by atoms with Gasteiger partial charge in [0.1, 0.15) is 12.6 Å². The first-order valence-electron chi connectivity index (χ1n) is 14.1. The van der Waals surface area contributed by atoms with Gasteiger partial charge >= 0.3 is 0 Å². The maximum absolute atomic E-state index is 14.1. The number of nitrogens with one attached hydrogen (secondary N) is 1. The molecule has 0 aliphatic heterocycles. The predicted molar refractivity (Wildman–Crippen MR) is 158 cm³/mol. The molecule has 1 unspecified atom stereocenters. The summed E-state index contributed by atoms with van der Waals surface area (Å²) in [6.45, 7) is 3.53. The molecule has 0 saturated heterocycles. The smallest absolute Gasteiger partial charge is 0.264 e. The number of nitrogens with zero attached hydrogens (tertiary/aromatic N) is 2. The van der Waals surface area contributed by atoms with Crippen molar-refractivity contribution >= 4 is 27.5 Å². The average molecular weight is 562 g/mol. The van der Waals surface area contributed by atoms with Crippen LogP contribution in [-0.2, 0) is 26.2 Å². The van der Waals surface area contributed by atoms with E-state index in [1.54, 1.807) is 36.4 Å². The normalized spacial score (nSPS) is 14.8. The van der Waals surface area contributed by atoms with E-state index in [0.29, 0.717) is 12.1 Å². The molecule has 1 atom stereocenters. The van der Waals surface area contributed by atoms with E-state index in [-0.39, 0.29) is 23.4 Å². The average Bonchev–Trinajstić information content (AvgIpc) is 2.97. The van der Waals surface area contributed by atoms with Crippen molar-refractivity contribution in [3.05, 3.63) is 96.1 Å². The highest BCUT2D eigenvalue weighted by atomic mass is 32.2. The number of sulfonamides is 1. The van der Waals surface area contributed by atoms with Crippen molar-refractivity contribution in [2.24, 2.45) is 0 Å². The zero-order valence-corrected chi connectivity index (χ0v) is 24.1. The van der Waals surface area contributed by atoms with E-state index in [1.165, 1.54) is 23.5 Å². The Kier molecular flexibility index (Phi) is 9.98. The van der Waals surface area contributed by atoms with Crippen LogP contribution in [0, 0.1) is 6.92 Å². The first kappa shape index (κ1) is 29.3. The first-order chi connectivity index (χ1) is 19.3. The molecule has 0 radical (unpaired) electrons. The summed E-state index contributed by atoms with van der Waals surface area (Å²) >= 11 is 0. The fourth-order valence-electron chi connectivity index (χ4n) is 5.28. The van der Waals surface area contributed by atoms with Gasteiger partial charge in [-0.15, -0.1) is 0 Å². The van der Waals surface area contributed by atoms with Gasteiger partial charge in [-0.25, -0.2) is 8.42 Å². The van der Waals surface area contributed by atoms with E-state index in [1.807, 2.05) is 50.2 Å². The van der Waals surface area contributed by atoms with E-state index in [4.69, 9.17) is 0 Å². The van der Waals surface area contributed by atoms with Gasteiger partial charge in [-0.1, -0.05) is 86.8 Å². The van der Waals surface area contributed by atoms with Crippen molar-refractivity contribution in [2.75, 3.05) is 10.8 Å². The molecule has 3 aromatic rings. The number of rotatable bonds is 11. The second-order valence-electron chi connectivity index (χ2n) is 10.4. The van der Waals surface area contributed by atoms with Crippen molar-refractivity contribution in [1.82, 2.24) is 10.2 Å². The zero-order chi connectivity index (χ0) is 28.5. The number of benzene rings is 3. The van der Waals surface area contributed by atoms with Crippen LogP contribution in [0.1, 0.15) is 56.6 Å². The molecule has 1 aliphatic rings. The topological polar surface area (TPSA) is 86.8 Å². The Hall–Kier alpha value is -3.65. The molecule has 0 spiro atoms. The van der Waals surface area contributed by atoms with Crippen LogP contribution >= 0.6 is 0 Å². The molecule has 4 rings (SSSR count). The summed E-state index contributed by atoms with van der Waals surface area (Å²) in [7, 11) is -4.06. The summed E-state index contributed by atoms with van der Waals surface area (Å²) in [5.41, 5.74) is 2.14. The Morgan fingerprint density at radius 2 is 1.55 bits per heavy atom. The summed E-state index contributed by atoms with van der Waals surface area (Å²) in [4.78, 5) is 29.3. The van der Waals surface area contributed by atoms with Crippen LogP contribution in [0.3, 0.4) is 0 Å². The molecular formula is C32H39N3O4S. The van der Waals surface area contributed by atoms with Gasteiger partial charge < -0.3 is 10.2 Å². The largest absolute Gasteiger partial charge is 0.352 e. The standard InChI is InChI=1S/C32H39N3O4S/c1-3-30(32(37)33-27-17-9-5-10-18-27)34(23-26-15-7-4-8-16-26)31(36)24-35(28-19-13-14-25(2)22-28)40(38,39)29-20-11-6-12-21-29/h4,6-8,11-16,19-22,27,30H,3,5,9-10,17-18,23-24H2,1-2H3,(H,33,37). The summed E-state index contributed by atoms with van der Waals surface area (Å²) < 4.78 is 28.9. The lowest BCUT2D eigenvalue weighted by molar-refractivity contribution is -0.140. The Morgan fingerprint density at radius 3 is 2.17 bits per heavy atom. The number of carbonyl (C=O) groups is 2. The van der Waals surface area contributed by atoms with Crippen LogP contribution in [0.5, 0.6) is 0 Å². The summed E-state index contributed by atoms with van der Waals surface area (Å²) in [6.07, 6.45) is 5.62. The van der Waals surface area contributed by atoms with Crippen LogP contribution < -0.4 is 9.62 Å². The molecule has 0 aromatic heterocycles. The number of anilines is 1. The van der Waals surface area contributed by atoms with Gasteiger partial charge in [0.05, 0.1) is 10.6 Å². The lowest BCUT2D eigenvalue weighted by Gasteiger charge is -2.34. The number of carbonyl (C=O) groups excluding carboxylic acids is 2. The maximum atomic E-state index is 14.1. The number of aryl methyl sites for hydroxylation is 1. The van der Waals surface area contributed by atoms with Gasteiger partial charge in [0.2, 0.25) is 11.8 Å². The second kappa shape index (κ2) is 13.6. The minimum atomic E-state index is -4.06.